The van der Waals surface area contributed by atoms with Crippen LogP contribution >= 0.6 is 0 Å². The molecule has 2 heteroatoms. The van der Waals surface area contributed by atoms with Gasteiger partial charge in [0, 0.05) is 6.42 Å². The van der Waals surface area contributed by atoms with Gasteiger partial charge >= 0.3 is 0 Å². The number of carbonyl (C=O) groups excluding carboxylic acids is 1. The van der Waals surface area contributed by atoms with Gasteiger partial charge in [-0.15, -0.1) is 0 Å². The zero-order valence-corrected chi connectivity index (χ0v) is 6.04. The van der Waals surface area contributed by atoms with Gasteiger partial charge in [-0.3, -0.25) is 4.79 Å². The van der Waals surface area contributed by atoms with Gasteiger partial charge in [0.1, 0.15) is 5.76 Å². The Morgan fingerprint density at radius 3 is 2.82 bits per heavy atom. The molecule has 1 aromatic rings. The van der Waals surface area contributed by atoms with Crippen molar-refractivity contribution >= 4 is 11.4 Å². The molecule has 1 heterocycles. The molecule has 1 aliphatic carbocycles. The molecule has 0 radical (unpaired) electrons. The number of ketones is 1. The van der Waals surface area contributed by atoms with Crippen LogP contribution in [0.1, 0.15) is 18.6 Å². The Kier molecular flexibility index (Phi) is 1.39. The highest BCUT2D eigenvalue weighted by molar-refractivity contribution is 6.01. The molecular weight excluding hydrogens is 140 g/mol. The van der Waals surface area contributed by atoms with Crippen molar-refractivity contribution in [3.8, 4) is 0 Å². The smallest absolute Gasteiger partial charge is 0.156 e. The van der Waals surface area contributed by atoms with Gasteiger partial charge in [0.25, 0.3) is 0 Å². The molecule has 0 spiro atoms. The maximum absolute atomic E-state index is 10.8. The summed E-state index contributed by atoms with van der Waals surface area (Å²) in [5.74, 6) is 1.03. The highest BCUT2D eigenvalue weighted by Crippen LogP contribution is 2.25. The van der Waals surface area contributed by atoms with Gasteiger partial charge in [0.2, 0.25) is 0 Å². The zero-order chi connectivity index (χ0) is 7.68. The highest BCUT2D eigenvalue weighted by atomic mass is 16.3. The van der Waals surface area contributed by atoms with Crippen LogP contribution in [0.4, 0.5) is 0 Å². The Labute approximate surface area is 64.5 Å². The maximum Gasteiger partial charge on any atom is 0.156 e. The summed E-state index contributed by atoms with van der Waals surface area (Å²) in [5.41, 5.74) is 1.03. The van der Waals surface area contributed by atoms with E-state index in [-0.39, 0.29) is 5.78 Å². The molecule has 0 aromatic carbocycles. The normalized spacial score (nSPS) is 17.1. The van der Waals surface area contributed by atoms with E-state index in [2.05, 4.69) is 0 Å². The fourth-order valence-electron chi connectivity index (χ4n) is 1.25. The van der Waals surface area contributed by atoms with E-state index in [4.69, 9.17) is 4.42 Å². The number of furan rings is 1. The van der Waals surface area contributed by atoms with Gasteiger partial charge < -0.3 is 4.42 Å². The number of carbonyl (C=O) groups is 1. The second kappa shape index (κ2) is 2.38. The topological polar surface area (TPSA) is 30.2 Å². The third kappa shape index (κ3) is 1.11. The van der Waals surface area contributed by atoms with Gasteiger partial charge in [-0.25, -0.2) is 0 Å². The van der Waals surface area contributed by atoms with Crippen molar-refractivity contribution in [1.82, 2.24) is 0 Å². The van der Waals surface area contributed by atoms with Crippen LogP contribution in [0, 0.1) is 0 Å². The molecule has 2 rings (SSSR count). The fourth-order valence-corrected chi connectivity index (χ4v) is 1.25. The summed E-state index contributed by atoms with van der Waals surface area (Å²) in [6.07, 6.45) is 4.75. The molecule has 0 aliphatic heterocycles. The molecule has 0 fully saturated rings. The first-order valence-electron chi connectivity index (χ1n) is 3.63. The lowest BCUT2D eigenvalue weighted by Gasteiger charge is -1.91. The second-order valence-corrected chi connectivity index (χ2v) is 2.61. The van der Waals surface area contributed by atoms with E-state index in [1.807, 2.05) is 12.1 Å². The first-order chi connectivity index (χ1) is 5.36. The Morgan fingerprint density at radius 2 is 2.27 bits per heavy atom. The number of rotatable bonds is 1. The summed E-state index contributed by atoms with van der Waals surface area (Å²) in [5, 5.41) is 0. The van der Waals surface area contributed by atoms with Gasteiger partial charge in [0.15, 0.2) is 5.78 Å². The van der Waals surface area contributed by atoms with Crippen LogP contribution in [-0.2, 0) is 4.79 Å². The van der Waals surface area contributed by atoms with Crippen LogP contribution in [0.15, 0.2) is 28.9 Å². The lowest BCUT2D eigenvalue weighted by Crippen LogP contribution is -1.80. The third-order valence-corrected chi connectivity index (χ3v) is 1.81. The highest BCUT2D eigenvalue weighted by Gasteiger charge is 2.14. The van der Waals surface area contributed by atoms with Crippen molar-refractivity contribution in [2.24, 2.45) is 0 Å². The maximum atomic E-state index is 10.8. The molecule has 0 atom stereocenters. The van der Waals surface area contributed by atoms with Crippen LogP contribution in [0.2, 0.25) is 0 Å². The van der Waals surface area contributed by atoms with Gasteiger partial charge in [-0.2, -0.15) is 0 Å². The molecule has 0 unspecified atom stereocenters. The molecule has 0 N–H and O–H groups in total. The summed E-state index contributed by atoms with van der Waals surface area (Å²) in [6.45, 7) is 0. The van der Waals surface area contributed by atoms with Crippen molar-refractivity contribution in [3.05, 3.63) is 30.2 Å². The van der Waals surface area contributed by atoms with Crippen molar-refractivity contribution < 1.29 is 9.21 Å². The van der Waals surface area contributed by atoms with Crippen molar-refractivity contribution in [3.63, 3.8) is 0 Å². The fraction of sp³-hybridized carbons (Fsp3) is 0.222. The summed E-state index contributed by atoms with van der Waals surface area (Å²) in [4.78, 5) is 10.8. The Bertz CT molecular complexity index is 293. The first kappa shape index (κ1) is 6.40. The van der Waals surface area contributed by atoms with E-state index in [0.29, 0.717) is 6.42 Å². The van der Waals surface area contributed by atoms with E-state index in [0.717, 1.165) is 17.8 Å². The molecular formula is C9H8O2. The minimum absolute atomic E-state index is 0.205. The largest absolute Gasteiger partial charge is 0.465 e. The van der Waals surface area contributed by atoms with E-state index < -0.39 is 0 Å². The molecule has 1 aromatic heterocycles. The molecule has 0 saturated heterocycles. The molecule has 1 aliphatic rings. The molecule has 11 heavy (non-hydrogen) atoms. The molecule has 0 saturated carbocycles. The Hall–Kier alpha value is -1.31. The van der Waals surface area contributed by atoms with Crippen LogP contribution in [0.25, 0.3) is 5.57 Å². The van der Waals surface area contributed by atoms with Crippen LogP contribution in [0.5, 0.6) is 0 Å². The van der Waals surface area contributed by atoms with Crippen LogP contribution < -0.4 is 0 Å². The van der Waals surface area contributed by atoms with E-state index in [1.54, 1.807) is 12.3 Å². The standard InChI is InChI=1S/C9H8O2/c10-8-4-3-7(6-8)9-2-1-5-11-9/h1-2,5-6H,3-4H2. The average Bonchev–Trinajstić information content (AvgIpc) is 2.55. The Morgan fingerprint density at radius 1 is 1.36 bits per heavy atom. The zero-order valence-electron chi connectivity index (χ0n) is 6.04. The van der Waals surface area contributed by atoms with E-state index in [9.17, 15) is 4.79 Å². The lowest BCUT2D eigenvalue weighted by molar-refractivity contribution is -0.114. The van der Waals surface area contributed by atoms with E-state index in [1.165, 1.54) is 0 Å². The van der Waals surface area contributed by atoms with Crippen molar-refractivity contribution in [2.45, 2.75) is 12.8 Å². The first-order valence-corrected chi connectivity index (χ1v) is 3.63. The molecule has 0 amide bonds. The second-order valence-electron chi connectivity index (χ2n) is 2.61. The van der Waals surface area contributed by atoms with Crippen molar-refractivity contribution in [1.29, 1.82) is 0 Å². The molecule has 56 valence electrons. The summed E-state index contributed by atoms with van der Waals surface area (Å²) >= 11 is 0. The minimum atomic E-state index is 0.205. The quantitative estimate of drug-likeness (QED) is 0.610. The summed E-state index contributed by atoms with van der Waals surface area (Å²) in [7, 11) is 0. The minimum Gasteiger partial charge on any atom is -0.465 e. The Balaban J connectivity index is 2.31. The lowest BCUT2D eigenvalue weighted by atomic mass is 10.2. The van der Waals surface area contributed by atoms with Gasteiger partial charge in [-0.1, -0.05) is 0 Å². The van der Waals surface area contributed by atoms with Crippen LogP contribution in [-0.4, -0.2) is 5.78 Å². The van der Waals surface area contributed by atoms with Gasteiger partial charge in [0.05, 0.1) is 6.26 Å². The molecule has 0 bridgehead atoms. The van der Waals surface area contributed by atoms with Gasteiger partial charge in [-0.05, 0) is 30.2 Å². The number of allylic oxidation sites excluding steroid dienone is 2. The monoisotopic (exact) mass is 148 g/mol. The summed E-state index contributed by atoms with van der Waals surface area (Å²) in [6, 6.07) is 3.71. The van der Waals surface area contributed by atoms with Crippen molar-refractivity contribution in [2.75, 3.05) is 0 Å². The summed E-state index contributed by atoms with van der Waals surface area (Å²) < 4.78 is 5.15. The SMILES string of the molecule is O=C1C=C(c2ccco2)CC1. The predicted octanol–water partition coefficient (Wildman–Crippen LogP) is 2.03. The van der Waals surface area contributed by atoms with E-state index >= 15 is 0 Å². The number of hydrogen-bond donors (Lipinski definition) is 0. The number of hydrogen-bond acceptors (Lipinski definition) is 2. The average molecular weight is 148 g/mol. The third-order valence-electron chi connectivity index (χ3n) is 1.81. The van der Waals surface area contributed by atoms with Crippen LogP contribution in [0.3, 0.4) is 0 Å². The molecule has 2 nitrogen and oxygen atoms in total. The predicted molar refractivity (Wildman–Crippen MR) is 40.9 cm³/mol.